The second-order valence-electron chi connectivity index (χ2n) is 4.26. The molecule has 1 aromatic rings. The number of carboxylic acids is 1. The minimum atomic E-state index is -1.14. The average Bonchev–Trinajstić information content (AvgIpc) is 2.39. The molecule has 0 aromatic heterocycles. The van der Waals surface area contributed by atoms with Gasteiger partial charge in [0, 0.05) is 12.1 Å². The van der Waals surface area contributed by atoms with Gasteiger partial charge in [-0.05, 0) is 31.4 Å². The van der Waals surface area contributed by atoms with E-state index >= 15 is 0 Å². The Labute approximate surface area is 109 Å². The quantitative estimate of drug-likeness (QED) is 0.512. The van der Waals surface area contributed by atoms with Crippen LogP contribution in [0.1, 0.15) is 29.6 Å². The molecule has 6 nitrogen and oxygen atoms in total. The van der Waals surface area contributed by atoms with E-state index in [0.29, 0.717) is 0 Å². The van der Waals surface area contributed by atoms with Gasteiger partial charge in [-0.3, -0.25) is 10.1 Å². The molecule has 0 radical (unpaired) electrons. The fraction of sp³-hybridized carbons (Fsp3) is 0.308. The van der Waals surface area contributed by atoms with Gasteiger partial charge in [0.15, 0.2) is 5.75 Å². The van der Waals surface area contributed by atoms with E-state index in [1.807, 2.05) is 12.2 Å². The van der Waals surface area contributed by atoms with Gasteiger partial charge in [-0.15, -0.1) is 0 Å². The number of hydrogen-bond acceptors (Lipinski definition) is 4. The molecule has 1 unspecified atom stereocenters. The number of allylic oxidation sites excluding steroid dienone is 1. The maximum atomic E-state index is 10.9. The Bertz CT molecular complexity index is 538. The summed E-state index contributed by atoms with van der Waals surface area (Å²) < 4.78 is 5.55. The SMILES string of the molecule is O=C(O)c1ccc([N+](=O)[O-])c(OC2C=CCCC2)c1. The lowest BCUT2D eigenvalue weighted by atomic mass is 10.1. The fourth-order valence-electron chi connectivity index (χ4n) is 1.93. The molecule has 2 rings (SSSR count). The summed E-state index contributed by atoms with van der Waals surface area (Å²) in [6.45, 7) is 0. The summed E-state index contributed by atoms with van der Waals surface area (Å²) in [5.74, 6) is -1.14. The molecule has 0 saturated heterocycles. The van der Waals surface area contributed by atoms with Crippen molar-refractivity contribution in [3.8, 4) is 5.75 Å². The monoisotopic (exact) mass is 263 g/mol. The molecule has 0 heterocycles. The standard InChI is InChI=1S/C13H13NO5/c15-13(16)9-6-7-11(14(17)18)12(8-9)19-10-4-2-1-3-5-10/h2,4,6-8,10H,1,3,5H2,(H,15,16). The van der Waals surface area contributed by atoms with E-state index in [0.717, 1.165) is 25.3 Å². The van der Waals surface area contributed by atoms with Crippen LogP contribution in [0.25, 0.3) is 0 Å². The van der Waals surface area contributed by atoms with E-state index in [4.69, 9.17) is 9.84 Å². The maximum Gasteiger partial charge on any atom is 0.335 e. The summed E-state index contributed by atoms with van der Waals surface area (Å²) in [5.41, 5.74) is -0.246. The Balaban J connectivity index is 2.31. The van der Waals surface area contributed by atoms with Crippen molar-refractivity contribution in [1.82, 2.24) is 0 Å². The van der Waals surface area contributed by atoms with Gasteiger partial charge >= 0.3 is 11.7 Å². The summed E-state index contributed by atoms with van der Waals surface area (Å²) in [5, 5.41) is 19.8. The number of benzene rings is 1. The van der Waals surface area contributed by atoms with Crippen LogP contribution in [-0.4, -0.2) is 22.1 Å². The van der Waals surface area contributed by atoms with Gasteiger partial charge in [-0.2, -0.15) is 0 Å². The van der Waals surface area contributed by atoms with Crippen LogP contribution in [-0.2, 0) is 0 Å². The summed E-state index contributed by atoms with van der Waals surface area (Å²) in [6, 6.07) is 3.55. The van der Waals surface area contributed by atoms with Crippen LogP contribution in [0.2, 0.25) is 0 Å². The van der Waals surface area contributed by atoms with Crippen molar-refractivity contribution in [1.29, 1.82) is 0 Å². The van der Waals surface area contributed by atoms with Crippen LogP contribution >= 0.6 is 0 Å². The average molecular weight is 263 g/mol. The number of ether oxygens (including phenoxy) is 1. The largest absolute Gasteiger partial charge is 0.479 e. The highest BCUT2D eigenvalue weighted by Crippen LogP contribution is 2.30. The zero-order valence-electron chi connectivity index (χ0n) is 10.1. The highest BCUT2D eigenvalue weighted by atomic mass is 16.6. The van der Waals surface area contributed by atoms with E-state index in [1.54, 1.807) is 0 Å². The first kappa shape index (κ1) is 13.1. The Hall–Kier alpha value is -2.37. The van der Waals surface area contributed by atoms with Crippen molar-refractivity contribution < 1.29 is 19.6 Å². The molecular formula is C13H13NO5. The molecule has 1 N–H and O–H groups in total. The normalized spacial score (nSPS) is 18.0. The first-order valence-corrected chi connectivity index (χ1v) is 5.93. The highest BCUT2D eigenvalue weighted by molar-refractivity contribution is 5.88. The lowest BCUT2D eigenvalue weighted by Crippen LogP contribution is -2.16. The van der Waals surface area contributed by atoms with Crippen molar-refractivity contribution in [2.24, 2.45) is 0 Å². The summed E-state index contributed by atoms with van der Waals surface area (Å²) in [4.78, 5) is 21.2. The number of rotatable bonds is 4. The number of carboxylic acid groups (broad SMARTS) is 1. The van der Waals surface area contributed by atoms with Crippen molar-refractivity contribution in [3.63, 3.8) is 0 Å². The third kappa shape index (κ3) is 3.09. The van der Waals surface area contributed by atoms with Gasteiger partial charge in [0.25, 0.3) is 0 Å². The number of nitrogens with zero attached hydrogens (tertiary/aromatic N) is 1. The lowest BCUT2D eigenvalue weighted by Gasteiger charge is -2.18. The molecule has 0 spiro atoms. The molecule has 1 atom stereocenters. The van der Waals surface area contributed by atoms with Gasteiger partial charge in [0.1, 0.15) is 6.10 Å². The topological polar surface area (TPSA) is 89.7 Å². The predicted octanol–water partition coefficient (Wildman–Crippen LogP) is 2.78. The second-order valence-corrected chi connectivity index (χ2v) is 4.26. The maximum absolute atomic E-state index is 10.9. The molecule has 6 heteroatoms. The van der Waals surface area contributed by atoms with Crippen molar-refractivity contribution >= 4 is 11.7 Å². The molecule has 1 aliphatic carbocycles. The first-order valence-electron chi connectivity index (χ1n) is 5.93. The zero-order chi connectivity index (χ0) is 13.8. The molecule has 1 aliphatic rings. The molecule has 0 amide bonds. The van der Waals surface area contributed by atoms with E-state index in [1.165, 1.54) is 12.1 Å². The van der Waals surface area contributed by atoms with E-state index in [9.17, 15) is 14.9 Å². The Morgan fingerprint density at radius 3 is 2.84 bits per heavy atom. The van der Waals surface area contributed by atoms with Crippen molar-refractivity contribution in [2.45, 2.75) is 25.4 Å². The third-order valence-corrected chi connectivity index (χ3v) is 2.89. The van der Waals surface area contributed by atoms with Gasteiger partial charge in [-0.1, -0.05) is 6.08 Å². The van der Waals surface area contributed by atoms with Crippen LogP contribution in [0.3, 0.4) is 0 Å². The van der Waals surface area contributed by atoms with Crippen LogP contribution in [0.5, 0.6) is 5.75 Å². The van der Waals surface area contributed by atoms with E-state index < -0.39 is 10.9 Å². The van der Waals surface area contributed by atoms with E-state index in [2.05, 4.69) is 0 Å². The van der Waals surface area contributed by atoms with Gasteiger partial charge < -0.3 is 9.84 Å². The zero-order valence-corrected chi connectivity index (χ0v) is 10.1. The molecule has 0 fully saturated rings. The summed E-state index contributed by atoms with van der Waals surface area (Å²) >= 11 is 0. The summed E-state index contributed by atoms with van der Waals surface area (Å²) in [6.07, 6.45) is 6.26. The molecule has 0 saturated carbocycles. The summed E-state index contributed by atoms with van der Waals surface area (Å²) in [7, 11) is 0. The Morgan fingerprint density at radius 2 is 2.26 bits per heavy atom. The third-order valence-electron chi connectivity index (χ3n) is 2.89. The van der Waals surface area contributed by atoms with Gasteiger partial charge in [0.05, 0.1) is 10.5 Å². The Morgan fingerprint density at radius 1 is 1.47 bits per heavy atom. The number of nitro groups is 1. The van der Waals surface area contributed by atoms with Crippen molar-refractivity contribution in [2.75, 3.05) is 0 Å². The smallest absolute Gasteiger partial charge is 0.335 e. The second kappa shape index (κ2) is 5.51. The van der Waals surface area contributed by atoms with Crippen LogP contribution in [0.15, 0.2) is 30.4 Å². The number of hydrogen-bond donors (Lipinski definition) is 1. The number of aromatic carboxylic acids is 1. The minimum absolute atomic E-state index is 0.00134. The lowest BCUT2D eigenvalue weighted by molar-refractivity contribution is -0.386. The van der Waals surface area contributed by atoms with Crippen LogP contribution < -0.4 is 4.74 Å². The first-order chi connectivity index (χ1) is 9.08. The number of nitro benzene ring substituents is 1. The molecule has 1 aromatic carbocycles. The molecule has 0 aliphatic heterocycles. The van der Waals surface area contributed by atoms with Crippen LogP contribution in [0.4, 0.5) is 5.69 Å². The molecule has 100 valence electrons. The van der Waals surface area contributed by atoms with E-state index in [-0.39, 0.29) is 23.1 Å². The van der Waals surface area contributed by atoms with Gasteiger partial charge in [-0.25, -0.2) is 4.79 Å². The predicted molar refractivity (Wildman–Crippen MR) is 67.5 cm³/mol. The van der Waals surface area contributed by atoms with Crippen LogP contribution in [0, 0.1) is 10.1 Å². The minimum Gasteiger partial charge on any atom is -0.479 e. The Kier molecular flexibility index (Phi) is 3.79. The van der Waals surface area contributed by atoms with Gasteiger partial charge in [0.2, 0.25) is 0 Å². The fourth-order valence-corrected chi connectivity index (χ4v) is 1.93. The molecular weight excluding hydrogens is 250 g/mol. The molecule has 0 bridgehead atoms. The van der Waals surface area contributed by atoms with Crippen molar-refractivity contribution in [3.05, 3.63) is 46.0 Å². The highest BCUT2D eigenvalue weighted by Gasteiger charge is 2.21. The number of carbonyl (C=O) groups is 1. The molecule has 19 heavy (non-hydrogen) atoms.